The van der Waals surface area contributed by atoms with Crippen molar-refractivity contribution in [3.63, 3.8) is 0 Å². The van der Waals surface area contributed by atoms with Crippen LogP contribution in [0.5, 0.6) is 11.5 Å². The van der Waals surface area contributed by atoms with Gasteiger partial charge in [0.25, 0.3) is 0 Å². The molecule has 154 valence electrons. The van der Waals surface area contributed by atoms with Crippen LogP contribution in [0.4, 0.5) is 0 Å². The van der Waals surface area contributed by atoms with Gasteiger partial charge in [0.1, 0.15) is 36.9 Å². The molecule has 29 heavy (non-hydrogen) atoms. The molecule has 4 nitrogen and oxygen atoms in total. The molecular formula is C25H30O4. The van der Waals surface area contributed by atoms with Crippen molar-refractivity contribution >= 4 is 11.6 Å². The number of epoxide rings is 2. The summed E-state index contributed by atoms with van der Waals surface area (Å²) < 4.78 is 22.4. The number of hydrogen-bond acceptors (Lipinski definition) is 4. The molecule has 2 unspecified atom stereocenters. The summed E-state index contributed by atoms with van der Waals surface area (Å²) in [6.07, 6.45) is 2.77. The largest absolute Gasteiger partial charge is 0.490 e. The summed E-state index contributed by atoms with van der Waals surface area (Å²) in [6.45, 7) is 13.5. The van der Waals surface area contributed by atoms with Gasteiger partial charge in [-0.25, -0.2) is 0 Å². The van der Waals surface area contributed by atoms with E-state index in [1.165, 1.54) is 16.7 Å². The van der Waals surface area contributed by atoms with E-state index in [4.69, 9.17) is 18.9 Å². The third-order valence-corrected chi connectivity index (χ3v) is 5.41. The van der Waals surface area contributed by atoms with Crippen molar-refractivity contribution in [3.05, 3.63) is 57.6 Å². The molecular weight excluding hydrogens is 364 g/mol. The molecule has 2 aliphatic rings. The van der Waals surface area contributed by atoms with E-state index in [1.54, 1.807) is 0 Å². The van der Waals surface area contributed by atoms with Gasteiger partial charge in [0, 0.05) is 0 Å². The summed E-state index contributed by atoms with van der Waals surface area (Å²) in [5.41, 5.74) is 8.27. The van der Waals surface area contributed by atoms with Crippen molar-refractivity contribution in [2.24, 2.45) is 0 Å². The summed E-state index contributed by atoms with van der Waals surface area (Å²) in [4.78, 5) is 0. The Kier molecular flexibility index (Phi) is 5.66. The molecule has 0 aliphatic carbocycles. The lowest BCUT2D eigenvalue weighted by Crippen LogP contribution is -2.06. The fourth-order valence-electron chi connectivity index (χ4n) is 3.71. The highest BCUT2D eigenvalue weighted by Crippen LogP contribution is 2.31. The second kappa shape index (κ2) is 8.21. The van der Waals surface area contributed by atoms with Crippen LogP contribution in [0.15, 0.2) is 24.3 Å². The number of benzene rings is 2. The predicted molar refractivity (Wildman–Crippen MR) is 116 cm³/mol. The smallest absolute Gasteiger partial charge is 0.125 e. The van der Waals surface area contributed by atoms with Crippen molar-refractivity contribution in [2.75, 3.05) is 26.4 Å². The van der Waals surface area contributed by atoms with E-state index in [2.05, 4.69) is 65.0 Å². The summed E-state index contributed by atoms with van der Waals surface area (Å²) in [5, 5.41) is 0. The van der Waals surface area contributed by atoms with Gasteiger partial charge in [-0.05, 0) is 97.8 Å². The average Bonchev–Trinajstić information content (AvgIpc) is 3.55. The topological polar surface area (TPSA) is 43.5 Å². The Morgan fingerprint density at radius 2 is 1.24 bits per heavy atom. The molecule has 0 spiro atoms. The zero-order chi connectivity index (χ0) is 20.5. The van der Waals surface area contributed by atoms with Crippen molar-refractivity contribution in [1.82, 2.24) is 0 Å². The molecule has 0 aromatic heterocycles. The SMILES string of the molecule is C/C(=C\c1cc(C)c(OCC2CO2)c(C)c1)c1cc(C)c(OCC2CO2)c(C)c1. The van der Waals surface area contributed by atoms with Crippen molar-refractivity contribution in [2.45, 2.75) is 46.8 Å². The molecule has 2 atom stereocenters. The summed E-state index contributed by atoms with van der Waals surface area (Å²) >= 11 is 0. The van der Waals surface area contributed by atoms with Crippen molar-refractivity contribution < 1.29 is 18.9 Å². The Hall–Kier alpha value is -2.30. The summed E-state index contributed by atoms with van der Waals surface area (Å²) in [6, 6.07) is 8.78. The van der Waals surface area contributed by atoms with Gasteiger partial charge in [0.2, 0.25) is 0 Å². The van der Waals surface area contributed by atoms with E-state index < -0.39 is 0 Å². The molecule has 2 aliphatic heterocycles. The Bertz CT molecular complexity index is 890. The van der Waals surface area contributed by atoms with Gasteiger partial charge < -0.3 is 18.9 Å². The minimum atomic E-state index is 0.269. The van der Waals surface area contributed by atoms with Gasteiger partial charge in [0.05, 0.1) is 13.2 Å². The maximum absolute atomic E-state index is 5.97. The van der Waals surface area contributed by atoms with Crippen LogP contribution in [0.2, 0.25) is 0 Å². The van der Waals surface area contributed by atoms with Crippen molar-refractivity contribution in [1.29, 1.82) is 0 Å². The molecule has 0 bridgehead atoms. The Morgan fingerprint density at radius 1 is 0.828 bits per heavy atom. The van der Waals surface area contributed by atoms with Gasteiger partial charge in [-0.1, -0.05) is 6.08 Å². The highest BCUT2D eigenvalue weighted by molar-refractivity contribution is 5.81. The lowest BCUT2D eigenvalue weighted by molar-refractivity contribution is 0.260. The fourth-order valence-corrected chi connectivity index (χ4v) is 3.71. The van der Waals surface area contributed by atoms with E-state index >= 15 is 0 Å². The minimum Gasteiger partial charge on any atom is -0.490 e. The predicted octanol–water partition coefficient (Wildman–Crippen LogP) is 5.04. The maximum Gasteiger partial charge on any atom is 0.125 e. The van der Waals surface area contributed by atoms with E-state index in [0.29, 0.717) is 13.2 Å². The van der Waals surface area contributed by atoms with E-state index in [-0.39, 0.29) is 12.2 Å². The molecule has 2 fully saturated rings. The third kappa shape index (κ3) is 5.01. The molecule has 4 rings (SSSR count). The molecule has 4 heteroatoms. The van der Waals surface area contributed by atoms with E-state index in [0.717, 1.165) is 47.0 Å². The Morgan fingerprint density at radius 3 is 1.66 bits per heavy atom. The van der Waals surface area contributed by atoms with Crippen LogP contribution < -0.4 is 9.47 Å². The summed E-state index contributed by atoms with van der Waals surface area (Å²) in [5.74, 6) is 1.95. The molecule has 0 amide bonds. The molecule has 0 N–H and O–H groups in total. The van der Waals surface area contributed by atoms with Crippen molar-refractivity contribution in [3.8, 4) is 11.5 Å². The van der Waals surface area contributed by atoms with Gasteiger partial charge in [-0.15, -0.1) is 0 Å². The van der Waals surface area contributed by atoms with Crippen LogP contribution in [-0.4, -0.2) is 38.6 Å². The quantitative estimate of drug-likeness (QED) is 0.465. The van der Waals surface area contributed by atoms with Crippen LogP contribution >= 0.6 is 0 Å². The maximum atomic E-state index is 5.97. The first-order valence-electron chi connectivity index (χ1n) is 10.3. The Balaban J connectivity index is 1.52. The third-order valence-electron chi connectivity index (χ3n) is 5.41. The first-order chi connectivity index (χ1) is 13.9. The summed E-state index contributed by atoms with van der Waals surface area (Å²) in [7, 11) is 0. The standard InChI is InChI=1S/C25H30O4/c1-15(21-9-18(4)25(19(5)10-21)29-14-23-12-27-23)6-20-7-16(2)24(17(3)8-20)28-13-22-11-26-22/h6-10,22-23H,11-14H2,1-5H3/b15-6+. The number of rotatable bonds is 8. The number of ether oxygens (including phenoxy) is 4. The Labute approximate surface area is 173 Å². The molecule has 2 aromatic carbocycles. The van der Waals surface area contributed by atoms with Crippen LogP contribution in [0, 0.1) is 27.7 Å². The lowest BCUT2D eigenvalue weighted by Gasteiger charge is -2.15. The molecule has 2 aromatic rings. The van der Waals surface area contributed by atoms with Crippen LogP contribution in [0.3, 0.4) is 0 Å². The zero-order valence-electron chi connectivity index (χ0n) is 18.0. The monoisotopic (exact) mass is 394 g/mol. The van der Waals surface area contributed by atoms with Gasteiger partial charge in [-0.3, -0.25) is 0 Å². The zero-order valence-corrected chi connectivity index (χ0v) is 18.0. The van der Waals surface area contributed by atoms with E-state index in [9.17, 15) is 0 Å². The average molecular weight is 395 g/mol. The van der Waals surface area contributed by atoms with Gasteiger partial charge >= 0.3 is 0 Å². The normalized spacial score (nSPS) is 20.5. The molecule has 0 radical (unpaired) electrons. The minimum absolute atomic E-state index is 0.269. The molecule has 2 saturated heterocycles. The van der Waals surface area contributed by atoms with E-state index in [1.807, 2.05) is 0 Å². The van der Waals surface area contributed by atoms with Gasteiger partial charge in [0.15, 0.2) is 0 Å². The van der Waals surface area contributed by atoms with Crippen LogP contribution in [0.1, 0.15) is 40.3 Å². The van der Waals surface area contributed by atoms with Crippen LogP contribution in [-0.2, 0) is 9.47 Å². The second-order valence-corrected chi connectivity index (χ2v) is 8.28. The lowest BCUT2D eigenvalue weighted by atomic mass is 9.97. The van der Waals surface area contributed by atoms with Gasteiger partial charge in [-0.2, -0.15) is 0 Å². The first-order valence-corrected chi connectivity index (χ1v) is 10.3. The fraction of sp³-hybridized carbons (Fsp3) is 0.440. The van der Waals surface area contributed by atoms with Crippen LogP contribution in [0.25, 0.3) is 11.6 Å². The number of allylic oxidation sites excluding steroid dienone is 1. The number of aryl methyl sites for hydroxylation is 4. The second-order valence-electron chi connectivity index (χ2n) is 8.28. The molecule has 0 saturated carbocycles. The highest BCUT2D eigenvalue weighted by atomic mass is 16.6. The first kappa shape index (κ1) is 20.0. The molecule has 2 heterocycles. The number of hydrogen-bond donors (Lipinski definition) is 0. The highest BCUT2D eigenvalue weighted by Gasteiger charge is 2.24.